The molecule has 0 amide bonds. The molecule has 31 heavy (non-hydrogen) atoms. The topological polar surface area (TPSA) is 77.1 Å². The lowest BCUT2D eigenvalue weighted by molar-refractivity contribution is -0.137. The molecule has 0 unspecified atom stereocenters. The van der Waals surface area contributed by atoms with E-state index in [1.165, 1.54) is 0 Å². The van der Waals surface area contributed by atoms with E-state index < -0.39 is 17.3 Å². The largest absolute Gasteiger partial charge is 0.490 e. The van der Waals surface area contributed by atoms with Gasteiger partial charge in [0.2, 0.25) is 0 Å². The second-order valence-electron chi connectivity index (χ2n) is 7.75. The Kier molecular flexibility index (Phi) is 5.70. The van der Waals surface area contributed by atoms with Crippen LogP contribution in [0.4, 0.5) is 13.2 Å². The first-order chi connectivity index (χ1) is 14.7. The van der Waals surface area contributed by atoms with Crippen LogP contribution in [0.1, 0.15) is 30.9 Å². The Morgan fingerprint density at radius 3 is 2.68 bits per heavy atom. The van der Waals surface area contributed by atoms with E-state index in [4.69, 9.17) is 9.47 Å². The quantitative estimate of drug-likeness (QED) is 0.655. The van der Waals surface area contributed by atoms with Gasteiger partial charge < -0.3 is 14.5 Å². The fraction of sp³-hybridized carbons (Fsp3) is 0.409. The van der Waals surface area contributed by atoms with Crippen LogP contribution in [0.15, 0.2) is 35.3 Å². The molecule has 1 saturated heterocycles. The lowest BCUT2D eigenvalue weighted by Crippen LogP contribution is -2.29. The van der Waals surface area contributed by atoms with Crippen LogP contribution in [0.3, 0.4) is 0 Å². The molecule has 0 radical (unpaired) electrons. The molecule has 0 aliphatic carbocycles. The van der Waals surface area contributed by atoms with Gasteiger partial charge in [-0.25, -0.2) is 4.98 Å². The van der Waals surface area contributed by atoms with Crippen molar-refractivity contribution in [3.63, 3.8) is 0 Å². The van der Waals surface area contributed by atoms with Crippen molar-refractivity contribution in [1.82, 2.24) is 15.0 Å². The molecule has 1 atom stereocenters. The van der Waals surface area contributed by atoms with Crippen molar-refractivity contribution in [3.8, 4) is 17.3 Å². The molecule has 1 fully saturated rings. The highest BCUT2D eigenvalue weighted by Gasteiger charge is 2.31. The number of nitrogens with one attached hydrogen (secondary N) is 1. The van der Waals surface area contributed by atoms with Gasteiger partial charge in [0.05, 0.1) is 22.6 Å². The molecule has 1 aliphatic heterocycles. The number of rotatable bonds is 4. The number of aryl methyl sites for hydroxylation is 1. The van der Waals surface area contributed by atoms with Gasteiger partial charge in [0.15, 0.2) is 5.82 Å². The zero-order chi connectivity index (χ0) is 22.2. The maximum absolute atomic E-state index is 13.0. The molecular weight excluding hydrogens is 411 g/mol. The van der Waals surface area contributed by atoms with Crippen molar-refractivity contribution in [2.24, 2.45) is 5.92 Å². The van der Waals surface area contributed by atoms with Crippen LogP contribution >= 0.6 is 0 Å². The summed E-state index contributed by atoms with van der Waals surface area (Å²) in [7, 11) is 0. The van der Waals surface area contributed by atoms with Crippen molar-refractivity contribution in [1.29, 1.82) is 0 Å². The maximum atomic E-state index is 13.0. The molecule has 3 aromatic rings. The molecule has 4 rings (SSSR count). The Hall–Kier alpha value is -2.94. The maximum Gasteiger partial charge on any atom is 0.416 e. The Labute approximate surface area is 176 Å². The lowest BCUT2D eigenvalue weighted by atomic mass is 9.95. The third-order valence-electron chi connectivity index (χ3n) is 5.56. The summed E-state index contributed by atoms with van der Waals surface area (Å²) < 4.78 is 50.5. The van der Waals surface area contributed by atoms with Gasteiger partial charge in [-0.15, -0.1) is 0 Å². The molecule has 6 nitrogen and oxygen atoms in total. The highest BCUT2D eigenvalue weighted by molar-refractivity contribution is 5.83. The Bertz CT molecular complexity index is 1150. The molecule has 3 heterocycles. The number of ether oxygens (including phenoxy) is 2. The number of nitrogens with zero attached hydrogens (tertiary/aromatic N) is 2. The van der Waals surface area contributed by atoms with E-state index in [1.807, 2.05) is 6.92 Å². The Morgan fingerprint density at radius 2 is 1.97 bits per heavy atom. The van der Waals surface area contributed by atoms with Gasteiger partial charge >= 0.3 is 6.18 Å². The first kappa shape index (κ1) is 21.3. The molecule has 2 aromatic heterocycles. The number of hydrogen-bond donors (Lipinski definition) is 1. The predicted molar refractivity (Wildman–Crippen MR) is 109 cm³/mol. The number of pyridine rings is 1. The molecule has 0 spiro atoms. The fourth-order valence-electron chi connectivity index (χ4n) is 3.80. The van der Waals surface area contributed by atoms with Crippen molar-refractivity contribution >= 4 is 10.9 Å². The molecule has 0 bridgehead atoms. The third-order valence-corrected chi connectivity index (χ3v) is 5.56. The van der Waals surface area contributed by atoms with Crippen molar-refractivity contribution in [2.45, 2.75) is 39.0 Å². The van der Waals surface area contributed by atoms with Crippen LogP contribution in [0, 0.1) is 12.8 Å². The van der Waals surface area contributed by atoms with E-state index in [0.717, 1.165) is 31.2 Å². The second-order valence-corrected chi connectivity index (χ2v) is 7.75. The minimum absolute atomic E-state index is 0.0176. The monoisotopic (exact) mass is 433 g/mol. The number of aromatic nitrogens is 3. The van der Waals surface area contributed by atoms with Gasteiger partial charge in [0.25, 0.3) is 5.56 Å². The minimum Gasteiger partial charge on any atom is -0.490 e. The summed E-state index contributed by atoms with van der Waals surface area (Å²) in [5.41, 5.74) is -0.300. The van der Waals surface area contributed by atoms with Gasteiger partial charge in [-0.05, 0) is 62.4 Å². The zero-order valence-electron chi connectivity index (χ0n) is 17.1. The first-order valence-electron chi connectivity index (χ1n) is 10.0. The third kappa shape index (κ3) is 4.56. The smallest absolute Gasteiger partial charge is 0.416 e. The van der Waals surface area contributed by atoms with E-state index in [9.17, 15) is 18.0 Å². The molecule has 1 N–H and O–H groups in total. The van der Waals surface area contributed by atoms with Gasteiger partial charge in [-0.3, -0.25) is 9.78 Å². The summed E-state index contributed by atoms with van der Waals surface area (Å²) in [6.45, 7) is 5.21. The van der Waals surface area contributed by atoms with Gasteiger partial charge in [-0.2, -0.15) is 13.2 Å². The number of fused-ring (bicyclic) bond motifs is 1. The molecule has 164 valence electrons. The van der Waals surface area contributed by atoms with Crippen LogP contribution in [0.5, 0.6) is 5.75 Å². The standard InChI is InChI=1S/C22H22F3N3O3/c1-12-9-16(31-13(2)14-4-7-30-8-5-14)11-17-19(12)27-20(28-21(17)29)18-10-15(3-6-26-18)22(23,24)25/h3,6,9-11,13-14H,4-5,7-8H2,1-2H3,(H,27,28,29)/t13-/m0/s1. The van der Waals surface area contributed by atoms with Gasteiger partial charge in [0, 0.05) is 19.4 Å². The normalized spacial score (nSPS) is 16.4. The van der Waals surface area contributed by atoms with E-state index in [1.54, 1.807) is 19.1 Å². The Balaban J connectivity index is 1.68. The summed E-state index contributed by atoms with van der Waals surface area (Å²) in [5, 5.41) is 0.310. The summed E-state index contributed by atoms with van der Waals surface area (Å²) >= 11 is 0. The average Bonchev–Trinajstić information content (AvgIpc) is 2.74. The number of aromatic amines is 1. The van der Waals surface area contributed by atoms with Crippen molar-refractivity contribution < 1.29 is 22.6 Å². The van der Waals surface area contributed by atoms with Crippen molar-refractivity contribution in [2.75, 3.05) is 13.2 Å². The average molecular weight is 433 g/mol. The van der Waals surface area contributed by atoms with E-state index >= 15 is 0 Å². The summed E-state index contributed by atoms with van der Waals surface area (Å²) in [5.74, 6) is 0.910. The number of hydrogen-bond acceptors (Lipinski definition) is 5. The van der Waals surface area contributed by atoms with Crippen molar-refractivity contribution in [3.05, 3.63) is 51.9 Å². The Morgan fingerprint density at radius 1 is 1.23 bits per heavy atom. The number of alkyl halides is 3. The van der Waals surface area contributed by atoms with Gasteiger partial charge in [0.1, 0.15) is 11.4 Å². The summed E-state index contributed by atoms with van der Waals surface area (Å²) in [6.07, 6.45) is -1.67. The molecular formula is C22H22F3N3O3. The van der Waals surface area contributed by atoms with Gasteiger partial charge in [-0.1, -0.05) is 0 Å². The highest BCUT2D eigenvalue weighted by atomic mass is 19.4. The number of halogens is 3. The van der Waals surface area contributed by atoms with E-state index in [2.05, 4.69) is 15.0 Å². The van der Waals surface area contributed by atoms with Crippen LogP contribution in [-0.4, -0.2) is 34.3 Å². The minimum atomic E-state index is -4.52. The predicted octanol–water partition coefficient (Wildman–Crippen LogP) is 4.51. The lowest BCUT2D eigenvalue weighted by Gasteiger charge is -2.28. The fourth-order valence-corrected chi connectivity index (χ4v) is 3.80. The first-order valence-corrected chi connectivity index (χ1v) is 10.0. The van der Waals surface area contributed by atoms with Crippen LogP contribution in [0.25, 0.3) is 22.4 Å². The van der Waals surface area contributed by atoms with E-state index in [0.29, 0.717) is 41.3 Å². The van der Waals surface area contributed by atoms with Crippen LogP contribution in [0.2, 0.25) is 0 Å². The summed E-state index contributed by atoms with van der Waals surface area (Å²) in [6, 6.07) is 5.14. The number of benzene rings is 1. The van der Waals surface area contributed by atoms with Crippen LogP contribution < -0.4 is 10.3 Å². The second kappa shape index (κ2) is 8.30. The molecule has 9 heteroatoms. The molecule has 1 aliphatic rings. The van der Waals surface area contributed by atoms with E-state index in [-0.39, 0.29) is 17.6 Å². The summed E-state index contributed by atoms with van der Waals surface area (Å²) in [4.78, 5) is 23.6. The highest BCUT2D eigenvalue weighted by Crippen LogP contribution is 2.31. The zero-order valence-corrected chi connectivity index (χ0v) is 17.1. The number of H-pyrrole nitrogens is 1. The SMILES string of the molecule is Cc1cc(O[C@@H](C)C2CCOCC2)cc2c(=O)[nH]c(-c3cc(C(F)(F)F)ccn3)nc12. The molecule has 0 saturated carbocycles. The molecule has 1 aromatic carbocycles. The van der Waals surface area contributed by atoms with Crippen LogP contribution in [-0.2, 0) is 10.9 Å².